The third kappa shape index (κ3) is 2.64. The Morgan fingerprint density at radius 1 is 1.50 bits per heavy atom. The average molecular weight is 248 g/mol. The van der Waals surface area contributed by atoms with Crippen LogP contribution in [0.15, 0.2) is 18.2 Å². The molecule has 0 radical (unpaired) electrons. The maximum absolute atomic E-state index is 12.2. The molecule has 4 heteroatoms. The van der Waals surface area contributed by atoms with Crippen LogP contribution in [0, 0.1) is 12.8 Å². The van der Waals surface area contributed by atoms with Crippen molar-refractivity contribution in [3.8, 4) is 5.75 Å². The van der Waals surface area contributed by atoms with Crippen molar-refractivity contribution in [2.45, 2.75) is 25.8 Å². The highest BCUT2D eigenvalue weighted by Gasteiger charge is 2.28. The first-order valence-electron chi connectivity index (χ1n) is 6.28. The summed E-state index contributed by atoms with van der Waals surface area (Å²) in [6, 6.07) is 5.37. The van der Waals surface area contributed by atoms with E-state index in [0.717, 1.165) is 18.4 Å². The number of benzene rings is 1. The lowest BCUT2D eigenvalue weighted by atomic mass is 9.80. The Bertz CT molecular complexity index is 453. The maximum Gasteiger partial charge on any atom is 0.257 e. The third-order valence-corrected chi connectivity index (χ3v) is 3.53. The topological polar surface area (TPSA) is 66.6 Å². The number of aryl methyl sites for hydroxylation is 1. The Kier molecular flexibility index (Phi) is 3.57. The first-order valence-corrected chi connectivity index (χ1v) is 6.28. The predicted molar refractivity (Wildman–Crippen MR) is 70.5 cm³/mol. The quantitative estimate of drug-likeness (QED) is 0.852. The molecule has 0 unspecified atom stereocenters. The van der Waals surface area contributed by atoms with Crippen molar-refractivity contribution in [3.05, 3.63) is 29.3 Å². The normalized spacial score (nSPS) is 22.4. The molecule has 0 aliphatic heterocycles. The minimum Gasteiger partial charge on any atom is -0.507 e. The molecule has 0 aromatic heterocycles. The predicted octanol–water partition coefficient (Wildman–Crippen LogP) is 1.51. The van der Waals surface area contributed by atoms with Crippen LogP contribution >= 0.6 is 0 Å². The number of amides is 1. The molecule has 0 heterocycles. The van der Waals surface area contributed by atoms with Gasteiger partial charge in [0.1, 0.15) is 5.75 Å². The lowest BCUT2D eigenvalue weighted by Crippen LogP contribution is -2.43. The van der Waals surface area contributed by atoms with Crippen molar-refractivity contribution < 1.29 is 9.90 Å². The zero-order valence-electron chi connectivity index (χ0n) is 10.9. The van der Waals surface area contributed by atoms with Crippen molar-refractivity contribution in [2.75, 3.05) is 13.6 Å². The van der Waals surface area contributed by atoms with Gasteiger partial charge in [0.25, 0.3) is 5.91 Å². The highest BCUT2D eigenvalue weighted by Crippen LogP contribution is 2.27. The standard InChI is InChI=1S/C14H20N2O2/c1-9-3-4-13(17)12(5-9)14(18)16(2)8-10-6-11(15)7-10/h3-5,10-11,17H,6-8,15H2,1-2H3. The second-order valence-electron chi connectivity index (χ2n) is 5.30. The van der Waals surface area contributed by atoms with Crippen LogP contribution in [0.1, 0.15) is 28.8 Å². The highest BCUT2D eigenvalue weighted by atomic mass is 16.3. The van der Waals surface area contributed by atoms with Gasteiger partial charge in [0.15, 0.2) is 0 Å². The van der Waals surface area contributed by atoms with E-state index in [1.807, 2.05) is 6.92 Å². The van der Waals surface area contributed by atoms with Gasteiger partial charge >= 0.3 is 0 Å². The molecule has 1 aliphatic rings. The van der Waals surface area contributed by atoms with Gasteiger partial charge in [0.05, 0.1) is 5.56 Å². The maximum atomic E-state index is 12.2. The van der Waals surface area contributed by atoms with Gasteiger partial charge in [-0.25, -0.2) is 0 Å². The van der Waals surface area contributed by atoms with Crippen molar-refractivity contribution in [3.63, 3.8) is 0 Å². The third-order valence-electron chi connectivity index (χ3n) is 3.53. The van der Waals surface area contributed by atoms with Crippen LogP contribution in [0.3, 0.4) is 0 Å². The number of carbonyl (C=O) groups excluding carboxylic acids is 1. The molecule has 3 N–H and O–H groups in total. The van der Waals surface area contributed by atoms with E-state index in [0.29, 0.717) is 24.1 Å². The van der Waals surface area contributed by atoms with Crippen molar-refractivity contribution in [2.24, 2.45) is 11.7 Å². The van der Waals surface area contributed by atoms with Gasteiger partial charge < -0.3 is 15.7 Å². The summed E-state index contributed by atoms with van der Waals surface area (Å²) >= 11 is 0. The molecule has 1 aliphatic carbocycles. The second-order valence-corrected chi connectivity index (χ2v) is 5.30. The summed E-state index contributed by atoms with van der Waals surface area (Å²) in [5.41, 5.74) is 7.08. The molecule has 2 rings (SSSR count). The number of carbonyl (C=O) groups is 1. The summed E-state index contributed by atoms with van der Waals surface area (Å²) in [5.74, 6) is 0.417. The summed E-state index contributed by atoms with van der Waals surface area (Å²) in [7, 11) is 1.77. The van der Waals surface area contributed by atoms with Crippen LogP contribution in [-0.4, -0.2) is 35.5 Å². The fraction of sp³-hybridized carbons (Fsp3) is 0.500. The Morgan fingerprint density at radius 3 is 2.78 bits per heavy atom. The summed E-state index contributed by atoms with van der Waals surface area (Å²) in [6.45, 7) is 2.61. The number of phenolic OH excluding ortho intramolecular Hbond substituents is 1. The van der Waals surface area contributed by atoms with Crippen LogP contribution in [-0.2, 0) is 0 Å². The van der Waals surface area contributed by atoms with Gasteiger partial charge in [-0.3, -0.25) is 4.79 Å². The zero-order valence-corrected chi connectivity index (χ0v) is 10.9. The van der Waals surface area contributed by atoms with E-state index in [-0.39, 0.29) is 11.7 Å². The molecule has 18 heavy (non-hydrogen) atoms. The van der Waals surface area contributed by atoms with E-state index < -0.39 is 0 Å². The van der Waals surface area contributed by atoms with Gasteiger partial charge in [-0.1, -0.05) is 11.6 Å². The molecule has 1 saturated carbocycles. The zero-order chi connectivity index (χ0) is 13.3. The second kappa shape index (κ2) is 4.98. The molecule has 0 atom stereocenters. The van der Waals surface area contributed by atoms with Crippen molar-refractivity contribution in [1.82, 2.24) is 4.90 Å². The van der Waals surface area contributed by atoms with Gasteiger partial charge in [0, 0.05) is 19.6 Å². The first-order chi connectivity index (χ1) is 8.47. The van der Waals surface area contributed by atoms with Gasteiger partial charge in [-0.15, -0.1) is 0 Å². The van der Waals surface area contributed by atoms with Gasteiger partial charge in [-0.2, -0.15) is 0 Å². The van der Waals surface area contributed by atoms with Crippen molar-refractivity contribution in [1.29, 1.82) is 0 Å². The van der Waals surface area contributed by atoms with Gasteiger partial charge in [-0.05, 0) is 37.8 Å². The molecule has 1 fully saturated rings. The Balaban J connectivity index is 2.03. The molecule has 1 aromatic carbocycles. The van der Waals surface area contributed by atoms with Crippen LogP contribution in [0.5, 0.6) is 5.75 Å². The number of hydrogen-bond acceptors (Lipinski definition) is 3. The largest absolute Gasteiger partial charge is 0.507 e. The van der Waals surface area contributed by atoms with E-state index in [1.54, 1.807) is 30.1 Å². The molecule has 4 nitrogen and oxygen atoms in total. The molecule has 0 bridgehead atoms. The van der Waals surface area contributed by atoms with E-state index in [9.17, 15) is 9.90 Å². The molecular formula is C14H20N2O2. The smallest absolute Gasteiger partial charge is 0.257 e. The number of rotatable bonds is 3. The fourth-order valence-corrected chi connectivity index (χ4v) is 2.43. The Morgan fingerprint density at radius 2 is 2.17 bits per heavy atom. The lowest BCUT2D eigenvalue weighted by molar-refractivity contribution is 0.0731. The fourth-order valence-electron chi connectivity index (χ4n) is 2.43. The summed E-state index contributed by atoms with van der Waals surface area (Å²) in [4.78, 5) is 13.9. The molecule has 1 aromatic rings. The van der Waals surface area contributed by atoms with E-state index in [4.69, 9.17) is 5.73 Å². The van der Waals surface area contributed by atoms with Crippen LogP contribution < -0.4 is 5.73 Å². The number of aromatic hydroxyl groups is 1. The monoisotopic (exact) mass is 248 g/mol. The summed E-state index contributed by atoms with van der Waals surface area (Å²) in [6.07, 6.45) is 1.97. The molecular weight excluding hydrogens is 228 g/mol. The minimum absolute atomic E-state index is 0.0442. The van der Waals surface area contributed by atoms with Crippen LogP contribution in [0.2, 0.25) is 0 Å². The Labute approximate surface area is 107 Å². The van der Waals surface area contributed by atoms with E-state index in [1.165, 1.54) is 0 Å². The minimum atomic E-state index is -0.128. The lowest BCUT2D eigenvalue weighted by Gasteiger charge is -2.35. The summed E-state index contributed by atoms with van der Waals surface area (Å²) < 4.78 is 0. The first kappa shape index (κ1) is 12.9. The number of hydrogen-bond donors (Lipinski definition) is 2. The molecule has 1 amide bonds. The summed E-state index contributed by atoms with van der Waals surface area (Å²) in [5, 5.41) is 9.73. The van der Waals surface area contributed by atoms with Crippen molar-refractivity contribution >= 4 is 5.91 Å². The van der Waals surface area contributed by atoms with E-state index in [2.05, 4.69) is 0 Å². The number of phenols is 1. The number of nitrogens with two attached hydrogens (primary N) is 1. The SMILES string of the molecule is Cc1ccc(O)c(C(=O)N(C)CC2CC(N)C2)c1. The average Bonchev–Trinajstić information content (AvgIpc) is 2.29. The highest BCUT2D eigenvalue weighted by molar-refractivity contribution is 5.96. The Hall–Kier alpha value is -1.55. The van der Waals surface area contributed by atoms with Crippen LogP contribution in [0.4, 0.5) is 0 Å². The van der Waals surface area contributed by atoms with E-state index >= 15 is 0 Å². The van der Waals surface area contributed by atoms with Crippen LogP contribution in [0.25, 0.3) is 0 Å². The number of nitrogens with zero attached hydrogens (tertiary/aromatic N) is 1. The van der Waals surface area contributed by atoms with Gasteiger partial charge in [0.2, 0.25) is 0 Å². The molecule has 98 valence electrons. The molecule has 0 spiro atoms. The molecule has 0 saturated heterocycles.